The second-order valence-electron chi connectivity index (χ2n) is 7.53. The van der Waals surface area contributed by atoms with Crippen LogP contribution < -0.4 is 10.5 Å². The molecule has 0 aliphatic carbocycles. The number of aromatic nitrogens is 2. The normalized spacial score (nSPS) is 11.0. The Morgan fingerprint density at radius 3 is 1.87 bits per heavy atom. The van der Waals surface area contributed by atoms with Gasteiger partial charge in [-0.3, -0.25) is 9.48 Å². The van der Waals surface area contributed by atoms with Crippen LogP contribution in [-0.4, -0.2) is 9.36 Å². The molecule has 1 heterocycles. The molecule has 0 amide bonds. The number of hydrogen-bond acceptors (Lipinski definition) is 2. The molecule has 158 valence electrons. The molecule has 31 heavy (non-hydrogen) atoms. The molecule has 4 nitrogen and oxygen atoms in total. The van der Waals surface area contributed by atoms with E-state index in [0.29, 0.717) is 18.8 Å². The highest BCUT2D eigenvalue weighted by Gasteiger charge is 2.22. The third-order valence-corrected chi connectivity index (χ3v) is 5.36. The minimum Gasteiger partial charge on any atom is -0.357 e. The fourth-order valence-electron chi connectivity index (χ4n) is 3.84. The van der Waals surface area contributed by atoms with Crippen LogP contribution in [-0.2, 0) is 20.1 Å². The van der Waals surface area contributed by atoms with Crippen molar-refractivity contribution in [2.75, 3.05) is 4.90 Å². The molecular formula is C25H23F2N3O. The molecule has 3 aromatic carbocycles. The number of nitrogens with zero attached hydrogens (tertiary/aromatic N) is 3. The Hall–Kier alpha value is -3.67. The van der Waals surface area contributed by atoms with Crippen molar-refractivity contribution in [1.29, 1.82) is 0 Å². The van der Waals surface area contributed by atoms with E-state index >= 15 is 0 Å². The number of anilines is 1. The van der Waals surface area contributed by atoms with Crippen molar-refractivity contribution in [2.24, 2.45) is 7.05 Å². The predicted molar refractivity (Wildman–Crippen MR) is 118 cm³/mol. The van der Waals surface area contributed by atoms with Gasteiger partial charge >= 0.3 is 0 Å². The van der Waals surface area contributed by atoms with Crippen LogP contribution >= 0.6 is 0 Å². The Bertz CT molecular complexity index is 1210. The minimum atomic E-state index is -0.338. The Balaban J connectivity index is 1.82. The molecule has 6 heteroatoms. The molecule has 0 N–H and O–H groups in total. The van der Waals surface area contributed by atoms with E-state index in [9.17, 15) is 13.6 Å². The topological polar surface area (TPSA) is 30.2 Å². The van der Waals surface area contributed by atoms with E-state index in [1.54, 1.807) is 21.5 Å². The summed E-state index contributed by atoms with van der Waals surface area (Å²) in [6.45, 7) is 2.49. The smallest absolute Gasteiger partial charge is 0.295 e. The number of rotatable bonds is 6. The van der Waals surface area contributed by atoms with Crippen molar-refractivity contribution in [3.63, 3.8) is 0 Å². The third kappa shape index (κ3) is 4.28. The number of benzene rings is 3. The molecule has 0 atom stereocenters. The summed E-state index contributed by atoms with van der Waals surface area (Å²) in [4.78, 5) is 15.4. The van der Waals surface area contributed by atoms with E-state index in [2.05, 4.69) is 0 Å². The molecule has 0 spiro atoms. The molecule has 1 aromatic heterocycles. The first-order chi connectivity index (χ1) is 14.9. The molecule has 0 fully saturated rings. The van der Waals surface area contributed by atoms with Crippen molar-refractivity contribution in [2.45, 2.75) is 20.0 Å². The first-order valence-electron chi connectivity index (χ1n) is 10.0. The van der Waals surface area contributed by atoms with Gasteiger partial charge in [-0.2, -0.15) is 0 Å². The standard InChI is InChI=1S/C25H23F2N3O/c1-18-24(25(31)30(28(18)2)23-12-4-3-5-13-23)29(16-19-8-6-10-21(26)14-19)17-20-9-7-11-22(27)15-20/h3-15H,16-17H2,1-2H3. The Labute approximate surface area is 179 Å². The summed E-state index contributed by atoms with van der Waals surface area (Å²) in [6.07, 6.45) is 0. The molecule has 0 aliphatic heterocycles. The van der Waals surface area contributed by atoms with Crippen LogP contribution in [0.5, 0.6) is 0 Å². The summed E-state index contributed by atoms with van der Waals surface area (Å²) < 4.78 is 31.0. The summed E-state index contributed by atoms with van der Waals surface area (Å²) in [5.74, 6) is -0.677. The van der Waals surface area contributed by atoms with Gasteiger partial charge in [-0.15, -0.1) is 0 Å². The fourth-order valence-corrected chi connectivity index (χ4v) is 3.84. The quantitative estimate of drug-likeness (QED) is 0.442. The zero-order chi connectivity index (χ0) is 22.0. The lowest BCUT2D eigenvalue weighted by Crippen LogP contribution is -2.29. The van der Waals surface area contributed by atoms with Crippen LogP contribution in [0, 0.1) is 18.6 Å². The molecule has 0 saturated carbocycles. The summed E-state index contributed by atoms with van der Waals surface area (Å²) in [5, 5.41) is 0. The van der Waals surface area contributed by atoms with E-state index in [0.717, 1.165) is 22.5 Å². The summed E-state index contributed by atoms with van der Waals surface area (Å²) >= 11 is 0. The molecule has 0 aliphatic rings. The highest BCUT2D eigenvalue weighted by molar-refractivity contribution is 5.52. The monoisotopic (exact) mass is 419 g/mol. The van der Waals surface area contributed by atoms with Gasteiger partial charge in [0.1, 0.15) is 17.3 Å². The van der Waals surface area contributed by atoms with Gasteiger partial charge in [0.2, 0.25) is 0 Å². The van der Waals surface area contributed by atoms with Gasteiger partial charge in [-0.25, -0.2) is 13.5 Å². The molecular weight excluding hydrogens is 396 g/mol. The first-order valence-corrected chi connectivity index (χ1v) is 10.0. The van der Waals surface area contributed by atoms with Crippen LogP contribution in [0.3, 0.4) is 0 Å². The second-order valence-corrected chi connectivity index (χ2v) is 7.53. The van der Waals surface area contributed by atoms with Crippen LogP contribution in [0.25, 0.3) is 5.69 Å². The third-order valence-electron chi connectivity index (χ3n) is 5.36. The highest BCUT2D eigenvalue weighted by Crippen LogP contribution is 2.23. The van der Waals surface area contributed by atoms with Gasteiger partial charge in [0.15, 0.2) is 0 Å². The average Bonchev–Trinajstić information content (AvgIpc) is 2.96. The van der Waals surface area contributed by atoms with Crippen molar-refractivity contribution in [1.82, 2.24) is 9.36 Å². The molecule has 0 unspecified atom stereocenters. The van der Waals surface area contributed by atoms with Gasteiger partial charge in [0.25, 0.3) is 5.56 Å². The van der Waals surface area contributed by atoms with E-state index < -0.39 is 0 Å². The molecule has 0 saturated heterocycles. The van der Waals surface area contributed by atoms with Crippen molar-refractivity contribution >= 4 is 5.69 Å². The highest BCUT2D eigenvalue weighted by atomic mass is 19.1. The van der Waals surface area contributed by atoms with Gasteiger partial charge in [-0.1, -0.05) is 42.5 Å². The van der Waals surface area contributed by atoms with Crippen LogP contribution in [0.2, 0.25) is 0 Å². The Kier molecular flexibility index (Phi) is 5.71. The van der Waals surface area contributed by atoms with E-state index in [4.69, 9.17) is 0 Å². The lowest BCUT2D eigenvalue weighted by Gasteiger charge is -2.24. The maximum absolute atomic E-state index is 13.8. The van der Waals surface area contributed by atoms with Crippen molar-refractivity contribution in [3.8, 4) is 5.69 Å². The second kappa shape index (κ2) is 8.60. The summed E-state index contributed by atoms with van der Waals surface area (Å²) in [6, 6.07) is 22.0. The van der Waals surface area contributed by atoms with Crippen LogP contribution in [0.15, 0.2) is 83.7 Å². The van der Waals surface area contributed by atoms with Crippen LogP contribution in [0.4, 0.5) is 14.5 Å². The summed E-state index contributed by atoms with van der Waals surface area (Å²) in [5.41, 5.74) is 3.29. The van der Waals surface area contributed by atoms with Crippen molar-refractivity contribution in [3.05, 3.63) is 118 Å². The molecule has 0 bridgehead atoms. The predicted octanol–water partition coefficient (Wildman–Crippen LogP) is 4.97. The van der Waals surface area contributed by atoms with Gasteiger partial charge in [-0.05, 0) is 54.4 Å². The fraction of sp³-hybridized carbons (Fsp3) is 0.160. The van der Waals surface area contributed by atoms with Gasteiger partial charge in [0, 0.05) is 20.1 Å². The maximum atomic E-state index is 13.8. The lowest BCUT2D eigenvalue weighted by atomic mass is 10.1. The summed E-state index contributed by atoms with van der Waals surface area (Å²) in [7, 11) is 1.83. The molecule has 4 rings (SSSR count). The van der Waals surface area contributed by atoms with E-state index in [1.165, 1.54) is 24.3 Å². The zero-order valence-electron chi connectivity index (χ0n) is 17.4. The molecule has 0 radical (unpaired) electrons. The van der Waals surface area contributed by atoms with E-state index in [1.807, 2.05) is 61.3 Å². The molecule has 4 aromatic rings. The number of para-hydroxylation sites is 1. The first kappa shape index (κ1) is 20.6. The lowest BCUT2D eigenvalue weighted by molar-refractivity contribution is 0.622. The SMILES string of the molecule is Cc1c(N(Cc2cccc(F)c2)Cc2cccc(F)c2)c(=O)n(-c2ccccc2)n1C. The Morgan fingerprint density at radius 1 is 0.806 bits per heavy atom. The number of hydrogen-bond donors (Lipinski definition) is 0. The average molecular weight is 419 g/mol. The maximum Gasteiger partial charge on any atom is 0.295 e. The van der Waals surface area contributed by atoms with E-state index in [-0.39, 0.29) is 17.2 Å². The van der Waals surface area contributed by atoms with Crippen LogP contribution in [0.1, 0.15) is 16.8 Å². The minimum absolute atomic E-state index is 0.181. The Morgan fingerprint density at radius 2 is 1.35 bits per heavy atom. The van der Waals surface area contributed by atoms with Crippen molar-refractivity contribution < 1.29 is 8.78 Å². The van der Waals surface area contributed by atoms with Gasteiger partial charge < -0.3 is 4.90 Å². The number of halogens is 2. The zero-order valence-corrected chi connectivity index (χ0v) is 17.4. The largest absolute Gasteiger partial charge is 0.357 e. The van der Waals surface area contributed by atoms with Gasteiger partial charge in [0.05, 0.1) is 11.4 Å².